The molecule has 1 atom stereocenters. The van der Waals surface area contributed by atoms with E-state index >= 15 is 0 Å². The molecule has 4 heteroatoms. The Morgan fingerprint density at radius 1 is 1.13 bits per heavy atom. The monoisotopic (exact) mass is 375 g/mol. The number of piperidine rings is 1. The van der Waals surface area contributed by atoms with Gasteiger partial charge >= 0.3 is 144 Å². The molecule has 2 aromatic carbocycles. The zero-order valence-corrected chi connectivity index (χ0v) is 15.0. The van der Waals surface area contributed by atoms with Crippen molar-refractivity contribution in [1.82, 2.24) is 4.90 Å². The Hall–Kier alpha value is -1.77. The van der Waals surface area contributed by atoms with Crippen molar-refractivity contribution in [1.29, 1.82) is 0 Å². The van der Waals surface area contributed by atoms with Gasteiger partial charge in [0, 0.05) is 0 Å². The molecule has 120 valence electrons. The summed E-state index contributed by atoms with van der Waals surface area (Å²) in [4.78, 5) is 15.0. The van der Waals surface area contributed by atoms with Crippen molar-refractivity contribution >= 4 is 25.3 Å². The van der Waals surface area contributed by atoms with Gasteiger partial charge in [0.25, 0.3) is 0 Å². The van der Waals surface area contributed by atoms with E-state index in [2.05, 4.69) is 24.3 Å². The average molecular weight is 374 g/mol. The number of ether oxygens (including phenoxy) is 1. The SMILES string of the molecule is COc1ccc(CN2CCCC([Se]c3ccccc3)C2=O)cc1. The Bertz CT molecular complexity index is 642. The summed E-state index contributed by atoms with van der Waals surface area (Å²) in [7, 11) is 1.67. The maximum absolute atomic E-state index is 12.8. The van der Waals surface area contributed by atoms with Gasteiger partial charge in [0.1, 0.15) is 0 Å². The van der Waals surface area contributed by atoms with Gasteiger partial charge in [0.2, 0.25) is 0 Å². The molecule has 23 heavy (non-hydrogen) atoms. The molecule has 0 aliphatic carbocycles. The molecule has 2 aromatic rings. The van der Waals surface area contributed by atoms with Crippen LogP contribution in [-0.4, -0.2) is 39.4 Å². The van der Waals surface area contributed by atoms with Gasteiger partial charge < -0.3 is 0 Å². The number of rotatable bonds is 5. The van der Waals surface area contributed by atoms with E-state index in [0.29, 0.717) is 12.5 Å². The normalized spacial score (nSPS) is 18.0. The summed E-state index contributed by atoms with van der Waals surface area (Å²) < 4.78 is 6.50. The number of methoxy groups -OCH3 is 1. The fraction of sp³-hybridized carbons (Fsp3) is 0.316. The predicted molar refractivity (Wildman–Crippen MR) is 93.2 cm³/mol. The zero-order chi connectivity index (χ0) is 16.1. The molecule has 1 heterocycles. The molecular weight excluding hydrogens is 353 g/mol. The number of carbonyl (C=O) groups excluding carboxylic acids is 1. The first kappa shape index (κ1) is 16.1. The van der Waals surface area contributed by atoms with Crippen molar-refractivity contribution in [3.8, 4) is 5.75 Å². The average Bonchev–Trinajstić information content (AvgIpc) is 2.60. The molecule has 0 saturated carbocycles. The number of likely N-dealkylation sites (tertiary alicyclic amines) is 1. The fourth-order valence-electron chi connectivity index (χ4n) is 2.79. The molecule has 1 fully saturated rings. The Morgan fingerprint density at radius 2 is 1.87 bits per heavy atom. The van der Waals surface area contributed by atoms with Gasteiger partial charge in [0.15, 0.2) is 0 Å². The maximum atomic E-state index is 12.8. The predicted octanol–water partition coefficient (Wildman–Crippen LogP) is 2.64. The summed E-state index contributed by atoms with van der Waals surface area (Å²) in [5, 5.41) is 0. The van der Waals surface area contributed by atoms with Crippen LogP contribution in [0.5, 0.6) is 5.75 Å². The van der Waals surface area contributed by atoms with Gasteiger partial charge in [-0.2, -0.15) is 0 Å². The Kier molecular flexibility index (Phi) is 5.37. The van der Waals surface area contributed by atoms with Gasteiger partial charge in [-0.05, 0) is 0 Å². The summed E-state index contributed by atoms with van der Waals surface area (Å²) in [5.74, 6) is 1.17. The molecule has 0 aromatic heterocycles. The molecule has 1 aliphatic rings. The van der Waals surface area contributed by atoms with Gasteiger partial charge in [-0.15, -0.1) is 0 Å². The topological polar surface area (TPSA) is 29.5 Å². The first-order valence-corrected chi connectivity index (χ1v) is 9.74. The minimum absolute atomic E-state index is 0.178. The second-order valence-electron chi connectivity index (χ2n) is 5.67. The second kappa shape index (κ2) is 7.67. The molecular formula is C19H21NO2Se. The summed E-state index contributed by atoms with van der Waals surface area (Å²) in [6.07, 6.45) is 2.12. The van der Waals surface area contributed by atoms with E-state index in [4.69, 9.17) is 4.74 Å². The molecule has 1 unspecified atom stereocenters. The van der Waals surface area contributed by atoms with Gasteiger partial charge in [-0.25, -0.2) is 0 Å². The molecule has 1 saturated heterocycles. The third-order valence-electron chi connectivity index (χ3n) is 4.04. The van der Waals surface area contributed by atoms with Crippen LogP contribution in [-0.2, 0) is 11.3 Å². The summed E-state index contributed by atoms with van der Waals surface area (Å²) >= 11 is 0.219. The molecule has 3 nitrogen and oxygen atoms in total. The quantitative estimate of drug-likeness (QED) is 0.753. The van der Waals surface area contributed by atoms with Crippen molar-refractivity contribution in [2.45, 2.75) is 24.2 Å². The van der Waals surface area contributed by atoms with Gasteiger partial charge in [-0.3, -0.25) is 0 Å². The van der Waals surface area contributed by atoms with E-state index in [1.165, 1.54) is 4.46 Å². The van der Waals surface area contributed by atoms with E-state index < -0.39 is 0 Å². The number of hydrogen-bond acceptors (Lipinski definition) is 2. The number of nitrogens with zero attached hydrogens (tertiary/aromatic N) is 1. The van der Waals surface area contributed by atoms with Gasteiger partial charge in [-0.1, -0.05) is 0 Å². The van der Waals surface area contributed by atoms with E-state index in [1.807, 2.05) is 35.2 Å². The molecule has 1 aliphatic heterocycles. The molecule has 0 N–H and O–H groups in total. The summed E-state index contributed by atoms with van der Waals surface area (Å²) in [6, 6.07) is 18.4. The number of carbonyl (C=O) groups is 1. The molecule has 0 bridgehead atoms. The standard InChI is InChI=1S/C19H21NO2Se/c1-22-16-11-9-15(10-12-16)14-20-13-5-8-18(19(20)21)23-17-6-3-2-4-7-17/h2-4,6-7,9-12,18H,5,8,13-14H2,1H3. The number of benzene rings is 2. The first-order chi connectivity index (χ1) is 11.3. The van der Waals surface area contributed by atoms with Crippen LogP contribution in [0.4, 0.5) is 0 Å². The van der Waals surface area contributed by atoms with Crippen LogP contribution >= 0.6 is 0 Å². The molecule has 0 spiro atoms. The number of hydrogen-bond donors (Lipinski definition) is 0. The van der Waals surface area contributed by atoms with Crippen molar-refractivity contribution in [2.75, 3.05) is 13.7 Å². The van der Waals surface area contributed by atoms with E-state index in [0.717, 1.165) is 30.7 Å². The van der Waals surface area contributed by atoms with Crippen molar-refractivity contribution in [2.24, 2.45) is 0 Å². The van der Waals surface area contributed by atoms with Crippen molar-refractivity contribution in [3.63, 3.8) is 0 Å². The van der Waals surface area contributed by atoms with E-state index in [9.17, 15) is 4.79 Å². The molecule has 3 rings (SSSR count). The zero-order valence-electron chi connectivity index (χ0n) is 13.3. The Labute approximate surface area is 143 Å². The van der Waals surface area contributed by atoms with Crippen molar-refractivity contribution in [3.05, 3.63) is 60.2 Å². The van der Waals surface area contributed by atoms with Crippen LogP contribution in [0.1, 0.15) is 18.4 Å². The Balaban J connectivity index is 1.64. The van der Waals surface area contributed by atoms with Crippen LogP contribution in [0.15, 0.2) is 54.6 Å². The fourth-order valence-corrected chi connectivity index (χ4v) is 5.26. The first-order valence-electron chi connectivity index (χ1n) is 7.89. The second-order valence-corrected chi connectivity index (χ2v) is 8.35. The third kappa shape index (κ3) is 4.15. The van der Waals surface area contributed by atoms with Crippen molar-refractivity contribution < 1.29 is 9.53 Å². The minimum atomic E-state index is 0.178. The van der Waals surface area contributed by atoms with E-state index in [1.54, 1.807) is 7.11 Å². The third-order valence-corrected chi connectivity index (χ3v) is 6.69. The van der Waals surface area contributed by atoms with Crippen LogP contribution in [0, 0.1) is 0 Å². The van der Waals surface area contributed by atoms with Crippen LogP contribution < -0.4 is 9.20 Å². The van der Waals surface area contributed by atoms with Crippen LogP contribution in [0.2, 0.25) is 4.82 Å². The molecule has 1 amide bonds. The van der Waals surface area contributed by atoms with Crippen LogP contribution in [0.25, 0.3) is 0 Å². The van der Waals surface area contributed by atoms with E-state index in [-0.39, 0.29) is 19.8 Å². The Morgan fingerprint density at radius 3 is 2.57 bits per heavy atom. The number of amides is 1. The summed E-state index contributed by atoms with van der Waals surface area (Å²) in [5.41, 5.74) is 1.16. The summed E-state index contributed by atoms with van der Waals surface area (Å²) in [6.45, 7) is 1.57. The van der Waals surface area contributed by atoms with Crippen LogP contribution in [0.3, 0.4) is 0 Å². The molecule has 0 radical (unpaired) electrons. The van der Waals surface area contributed by atoms with Gasteiger partial charge in [0.05, 0.1) is 0 Å².